The van der Waals surface area contributed by atoms with Crippen LogP contribution in [0, 0.1) is 17.1 Å². The highest BCUT2D eigenvalue weighted by Crippen LogP contribution is 2.20. The molecule has 0 saturated heterocycles. The highest BCUT2D eigenvalue weighted by atomic mass is 19.1. The lowest BCUT2D eigenvalue weighted by atomic mass is 10.0. The standard InChI is InChI=1S/C26H23FN6O/c1-33-17-22(16-31-33)21-8-11-24(30-15-21)32-26(34)25(20-6-9-23(27)10-7-20)29-13-12-18-2-4-19(14-28)5-3-18/h2-11,15-17,25,29H,12-13H2,1H3,(H,30,32,34). The van der Waals surface area contributed by atoms with Gasteiger partial charge in [0, 0.05) is 37.1 Å². The summed E-state index contributed by atoms with van der Waals surface area (Å²) in [4.78, 5) is 17.5. The van der Waals surface area contributed by atoms with E-state index in [9.17, 15) is 9.18 Å². The molecule has 0 aliphatic heterocycles. The number of hydrogen-bond acceptors (Lipinski definition) is 5. The summed E-state index contributed by atoms with van der Waals surface area (Å²) in [6, 6.07) is 18.2. The van der Waals surface area contributed by atoms with Crippen molar-refractivity contribution in [1.29, 1.82) is 5.26 Å². The molecule has 0 saturated carbocycles. The number of nitrogens with one attached hydrogen (secondary N) is 2. The molecule has 1 atom stereocenters. The monoisotopic (exact) mass is 454 g/mol. The number of amides is 1. The van der Waals surface area contributed by atoms with E-state index in [0.717, 1.165) is 16.7 Å². The maximum atomic E-state index is 13.5. The van der Waals surface area contributed by atoms with Crippen molar-refractivity contribution in [3.63, 3.8) is 0 Å². The second-order valence-corrected chi connectivity index (χ2v) is 7.82. The van der Waals surface area contributed by atoms with E-state index in [1.54, 1.807) is 47.4 Å². The molecule has 0 bridgehead atoms. The molecule has 4 aromatic rings. The van der Waals surface area contributed by atoms with Gasteiger partial charge in [0.2, 0.25) is 5.91 Å². The van der Waals surface area contributed by atoms with Gasteiger partial charge in [-0.25, -0.2) is 9.37 Å². The second-order valence-electron chi connectivity index (χ2n) is 7.82. The number of carbonyl (C=O) groups is 1. The van der Waals surface area contributed by atoms with Gasteiger partial charge in [-0.2, -0.15) is 10.4 Å². The molecule has 170 valence electrons. The molecule has 2 N–H and O–H groups in total. The zero-order valence-electron chi connectivity index (χ0n) is 18.6. The van der Waals surface area contributed by atoms with Crippen LogP contribution in [0.25, 0.3) is 11.1 Å². The van der Waals surface area contributed by atoms with E-state index >= 15 is 0 Å². The molecule has 7 nitrogen and oxygen atoms in total. The Hall–Kier alpha value is -4.35. The Balaban J connectivity index is 1.44. The predicted octanol–water partition coefficient (Wildman–Crippen LogP) is 4.00. The number of hydrogen-bond donors (Lipinski definition) is 2. The van der Waals surface area contributed by atoms with E-state index in [2.05, 4.69) is 26.8 Å². The minimum Gasteiger partial charge on any atom is -0.309 e. The molecule has 0 spiro atoms. The molecule has 4 rings (SSSR count). The van der Waals surface area contributed by atoms with Crippen LogP contribution in [0.4, 0.5) is 10.2 Å². The van der Waals surface area contributed by atoms with Gasteiger partial charge in [-0.15, -0.1) is 0 Å². The van der Waals surface area contributed by atoms with Crippen molar-refractivity contribution in [2.24, 2.45) is 7.05 Å². The normalized spacial score (nSPS) is 11.6. The van der Waals surface area contributed by atoms with Gasteiger partial charge < -0.3 is 10.6 Å². The molecular weight excluding hydrogens is 431 g/mol. The third-order valence-corrected chi connectivity index (χ3v) is 5.36. The number of carbonyl (C=O) groups excluding carboxylic acids is 1. The van der Waals surface area contributed by atoms with Gasteiger partial charge in [-0.3, -0.25) is 9.48 Å². The van der Waals surface area contributed by atoms with Gasteiger partial charge in [0.1, 0.15) is 17.7 Å². The number of aryl methyl sites for hydroxylation is 1. The largest absolute Gasteiger partial charge is 0.309 e. The number of nitriles is 1. The molecule has 0 fully saturated rings. The van der Waals surface area contributed by atoms with E-state index in [0.29, 0.717) is 29.9 Å². The Morgan fingerprint density at radius 1 is 1.06 bits per heavy atom. The van der Waals surface area contributed by atoms with Crippen molar-refractivity contribution < 1.29 is 9.18 Å². The number of rotatable bonds is 8. The zero-order valence-corrected chi connectivity index (χ0v) is 18.6. The second kappa shape index (κ2) is 10.5. The zero-order chi connectivity index (χ0) is 23.9. The van der Waals surface area contributed by atoms with E-state index in [1.165, 1.54) is 12.1 Å². The lowest BCUT2D eigenvalue weighted by Crippen LogP contribution is -2.34. The molecule has 0 aliphatic carbocycles. The number of benzene rings is 2. The highest BCUT2D eigenvalue weighted by Gasteiger charge is 2.21. The smallest absolute Gasteiger partial charge is 0.247 e. The quantitative estimate of drug-likeness (QED) is 0.420. The van der Waals surface area contributed by atoms with Crippen LogP contribution in [0.5, 0.6) is 0 Å². The summed E-state index contributed by atoms with van der Waals surface area (Å²) in [7, 11) is 1.84. The lowest BCUT2D eigenvalue weighted by Gasteiger charge is -2.19. The van der Waals surface area contributed by atoms with Crippen LogP contribution in [0.2, 0.25) is 0 Å². The molecule has 2 aromatic heterocycles. The first kappa shape index (κ1) is 22.8. The Morgan fingerprint density at radius 2 is 1.82 bits per heavy atom. The first-order valence-electron chi connectivity index (χ1n) is 10.8. The number of nitrogens with zero attached hydrogens (tertiary/aromatic N) is 4. The topological polar surface area (TPSA) is 95.6 Å². The van der Waals surface area contributed by atoms with E-state index in [-0.39, 0.29) is 11.7 Å². The lowest BCUT2D eigenvalue weighted by molar-refractivity contribution is -0.118. The summed E-state index contributed by atoms with van der Waals surface area (Å²) >= 11 is 0. The van der Waals surface area contributed by atoms with Crippen molar-refractivity contribution in [2.75, 3.05) is 11.9 Å². The number of anilines is 1. The van der Waals surface area contributed by atoms with Crippen molar-refractivity contribution >= 4 is 11.7 Å². The summed E-state index contributed by atoms with van der Waals surface area (Å²) in [5.41, 5.74) is 4.11. The van der Waals surface area contributed by atoms with Crippen LogP contribution in [-0.2, 0) is 18.3 Å². The van der Waals surface area contributed by atoms with E-state index in [4.69, 9.17) is 5.26 Å². The van der Waals surface area contributed by atoms with Gasteiger partial charge in [0.25, 0.3) is 0 Å². The fraction of sp³-hybridized carbons (Fsp3) is 0.154. The molecule has 0 aliphatic rings. The molecule has 8 heteroatoms. The van der Waals surface area contributed by atoms with Crippen LogP contribution in [0.1, 0.15) is 22.7 Å². The average molecular weight is 455 g/mol. The van der Waals surface area contributed by atoms with Crippen LogP contribution < -0.4 is 10.6 Å². The number of halogens is 1. The van der Waals surface area contributed by atoms with Gasteiger partial charge in [0.05, 0.1) is 17.8 Å². The molecule has 2 heterocycles. The minimum absolute atomic E-state index is 0.298. The third-order valence-electron chi connectivity index (χ3n) is 5.36. The van der Waals surface area contributed by atoms with Crippen molar-refractivity contribution in [2.45, 2.75) is 12.5 Å². The molecule has 34 heavy (non-hydrogen) atoms. The average Bonchev–Trinajstić information content (AvgIpc) is 3.29. The molecule has 1 unspecified atom stereocenters. The Kier molecular flexibility index (Phi) is 7.06. The van der Waals surface area contributed by atoms with Crippen LogP contribution in [0.15, 0.2) is 79.3 Å². The molecule has 1 amide bonds. The minimum atomic E-state index is -0.696. The summed E-state index contributed by atoms with van der Waals surface area (Å²) in [5, 5.41) is 19.2. The van der Waals surface area contributed by atoms with E-state index < -0.39 is 6.04 Å². The third kappa shape index (κ3) is 5.71. The highest BCUT2D eigenvalue weighted by molar-refractivity contribution is 5.95. The Bertz CT molecular complexity index is 1290. The number of aromatic nitrogens is 3. The van der Waals surface area contributed by atoms with Crippen LogP contribution >= 0.6 is 0 Å². The van der Waals surface area contributed by atoms with E-state index in [1.807, 2.05) is 31.4 Å². The summed E-state index contributed by atoms with van der Waals surface area (Å²) in [6.07, 6.45) is 5.97. The maximum absolute atomic E-state index is 13.5. The first-order valence-corrected chi connectivity index (χ1v) is 10.8. The van der Waals surface area contributed by atoms with Crippen molar-refractivity contribution in [3.05, 3.63) is 102 Å². The van der Waals surface area contributed by atoms with Crippen molar-refractivity contribution in [1.82, 2.24) is 20.1 Å². The Labute approximate surface area is 196 Å². The Morgan fingerprint density at radius 3 is 2.44 bits per heavy atom. The molecule has 2 aromatic carbocycles. The predicted molar refractivity (Wildman–Crippen MR) is 127 cm³/mol. The maximum Gasteiger partial charge on any atom is 0.247 e. The summed E-state index contributed by atoms with van der Waals surface area (Å²) < 4.78 is 15.2. The summed E-state index contributed by atoms with van der Waals surface area (Å²) in [6.45, 7) is 0.509. The number of pyridine rings is 1. The van der Waals surface area contributed by atoms with Gasteiger partial charge in [-0.05, 0) is 53.9 Å². The fourth-order valence-electron chi connectivity index (χ4n) is 3.53. The first-order chi connectivity index (χ1) is 16.5. The SMILES string of the molecule is Cn1cc(-c2ccc(NC(=O)C(NCCc3ccc(C#N)cc3)c3ccc(F)cc3)nc2)cn1. The van der Waals surface area contributed by atoms with Gasteiger partial charge in [0.15, 0.2) is 0 Å². The van der Waals surface area contributed by atoms with Crippen LogP contribution in [0.3, 0.4) is 0 Å². The van der Waals surface area contributed by atoms with Crippen LogP contribution in [-0.4, -0.2) is 27.2 Å². The van der Waals surface area contributed by atoms with Crippen molar-refractivity contribution in [3.8, 4) is 17.2 Å². The van der Waals surface area contributed by atoms with Gasteiger partial charge in [-0.1, -0.05) is 24.3 Å². The summed E-state index contributed by atoms with van der Waals surface area (Å²) in [5.74, 6) is -0.250. The molecule has 0 radical (unpaired) electrons. The molecular formula is C26H23FN6O. The van der Waals surface area contributed by atoms with Gasteiger partial charge >= 0.3 is 0 Å². The fourth-order valence-corrected chi connectivity index (χ4v) is 3.53.